The van der Waals surface area contributed by atoms with Gasteiger partial charge >= 0.3 is 6.18 Å². The summed E-state index contributed by atoms with van der Waals surface area (Å²) in [6.45, 7) is 5.06. The Morgan fingerprint density at radius 3 is 2.12 bits per heavy atom. The zero-order valence-corrected chi connectivity index (χ0v) is 9.22. The predicted octanol–water partition coefficient (Wildman–Crippen LogP) is 3.59. The largest absolute Gasteiger partial charge is 0.504 e. The van der Waals surface area contributed by atoms with E-state index in [9.17, 15) is 18.3 Å². The van der Waals surface area contributed by atoms with Gasteiger partial charge in [-0.25, -0.2) is 0 Å². The Balaban J connectivity index is 3.10. The summed E-state index contributed by atoms with van der Waals surface area (Å²) >= 11 is 0. The number of aromatic hydroxyl groups is 1. The second-order valence-corrected chi connectivity index (χ2v) is 4.39. The van der Waals surface area contributed by atoms with E-state index in [1.165, 1.54) is 0 Å². The van der Waals surface area contributed by atoms with Gasteiger partial charge < -0.3 is 9.84 Å². The van der Waals surface area contributed by atoms with Gasteiger partial charge in [0.1, 0.15) is 5.60 Å². The van der Waals surface area contributed by atoms with Crippen molar-refractivity contribution in [1.82, 2.24) is 0 Å². The molecule has 0 aliphatic rings. The van der Waals surface area contributed by atoms with Gasteiger partial charge in [0.15, 0.2) is 11.5 Å². The van der Waals surface area contributed by atoms with Crippen LogP contribution < -0.4 is 4.74 Å². The van der Waals surface area contributed by atoms with Gasteiger partial charge in [-0.05, 0) is 39.0 Å². The lowest BCUT2D eigenvalue weighted by atomic mass is 10.1. The molecule has 1 aromatic carbocycles. The highest BCUT2D eigenvalue weighted by atomic mass is 19.4. The van der Waals surface area contributed by atoms with Crippen molar-refractivity contribution < 1.29 is 23.0 Å². The van der Waals surface area contributed by atoms with Crippen molar-refractivity contribution in [2.45, 2.75) is 32.5 Å². The minimum atomic E-state index is -4.44. The van der Waals surface area contributed by atoms with Gasteiger partial charge in [0.2, 0.25) is 0 Å². The summed E-state index contributed by atoms with van der Waals surface area (Å²) in [6.07, 6.45) is -4.44. The third-order valence-corrected chi connectivity index (χ3v) is 1.70. The number of phenols is 1. The van der Waals surface area contributed by atoms with Crippen molar-refractivity contribution >= 4 is 0 Å². The summed E-state index contributed by atoms with van der Waals surface area (Å²) in [7, 11) is 0. The molecule has 1 N–H and O–H groups in total. The molecule has 0 heterocycles. The SMILES string of the molecule is CC(C)(C)Oc1cc(C(F)(F)F)ccc1O. The first-order valence-electron chi connectivity index (χ1n) is 4.69. The summed E-state index contributed by atoms with van der Waals surface area (Å²) in [5.74, 6) is -0.467. The quantitative estimate of drug-likeness (QED) is 0.804. The second-order valence-electron chi connectivity index (χ2n) is 4.39. The van der Waals surface area contributed by atoms with Crippen molar-refractivity contribution in [3.05, 3.63) is 23.8 Å². The normalized spacial score (nSPS) is 12.6. The molecule has 90 valence electrons. The number of halogens is 3. The van der Waals surface area contributed by atoms with Gasteiger partial charge in [0, 0.05) is 0 Å². The average molecular weight is 234 g/mol. The Morgan fingerprint density at radius 1 is 1.12 bits per heavy atom. The van der Waals surface area contributed by atoms with Crippen molar-refractivity contribution in [1.29, 1.82) is 0 Å². The van der Waals surface area contributed by atoms with E-state index < -0.39 is 17.3 Å². The standard InChI is InChI=1S/C11H13F3O2/c1-10(2,3)16-9-6-7(11(12,13)14)4-5-8(9)15/h4-6,15H,1-3H3. The molecular weight excluding hydrogens is 221 g/mol. The first kappa shape index (κ1) is 12.7. The highest BCUT2D eigenvalue weighted by molar-refractivity contribution is 5.43. The van der Waals surface area contributed by atoms with E-state index in [-0.39, 0.29) is 11.5 Å². The molecule has 1 rings (SSSR count). The summed E-state index contributed by atoms with van der Waals surface area (Å²) in [5.41, 5.74) is -1.51. The second kappa shape index (κ2) is 3.88. The minimum Gasteiger partial charge on any atom is -0.504 e. The molecule has 5 heteroatoms. The van der Waals surface area contributed by atoms with E-state index in [1.807, 2.05) is 0 Å². The van der Waals surface area contributed by atoms with E-state index in [4.69, 9.17) is 4.74 Å². The monoisotopic (exact) mass is 234 g/mol. The van der Waals surface area contributed by atoms with Crippen LogP contribution in [0.3, 0.4) is 0 Å². The van der Waals surface area contributed by atoms with Crippen molar-refractivity contribution in [2.75, 3.05) is 0 Å². The Labute approximate surface area is 91.7 Å². The zero-order valence-electron chi connectivity index (χ0n) is 9.22. The van der Waals surface area contributed by atoms with E-state index in [0.29, 0.717) is 0 Å². The van der Waals surface area contributed by atoms with Crippen molar-refractivity contribution in [3.63, 3.8) is 0 Å². The van der Waals surface area contributed by atoms with Gasteiger partial charge in [-0.3, -0.25) is 0 Å². The molecule has 0 aromatic heterocycles. The number of hydrogen-bond acceptors (Lipinski definition) is 2. The molecule has 0 amide bonds. The molecule has 0 radical (unpaired) electrons. The third-order valence-electron chi connectivity index (χ3n) is 1.70. The highest BCUT2D eigenvalue weighted by Gasteiger charge is 2.31. The summed E-state index contributed by atoms with van der Waals surface area (Å²) in [6, 6.07) is 2.58. The predicted molar refractivity (Wildman–Crippen MR) is 53.5 cm³/mol. The van der Waals surface area contributed by atoms with Gasteiger partial charge in [0.05, 0.1) is 5.56 Å². The molecule has 0 spiro atoms. The molecule has 0 saturated carbocycles. The molecule has 0 aliphatic carbocycles. The van der Waals surface area contributed by atoms with Crippen LogP contribution in [0.25, 0.3) is 0 Å². The van der Waals surface area contributed by atoms with Gasteiger partial charge in [-0.1, -0.05) is 0 Å². The lowest BCUT2D eigenvalue weighted by Crippen LogP contribution is -2.23. The van der Waals surface area contributed by atoms with Crippen molar-refractivity contribution in [3.8, 4) is 11.5 Å². The fraction of sp³-hybridized carbons (Fsp3) is 0.455. The van der Waals surface area contributed by atoms with E-state index >= 15 is 0 Å². The van der Waals surface area contributed by atoms with Gasteiger partial charge in [-0.2, -0.15) is 13.2 Å². The Kier molecular flexibility index (Phi) is 3.08. The minimum absolute atomic E-state index is 0.165. The van der Waals surface area contributed by atoms with Crippen LogP contribution in [0.15, 0.2) is 18.2 Å². The fourth-order valence-electron chi connectivity index (χ4n) is 1.10. The number of hydrogen-bond donors (Lipinski definition) is 1. The van der Waals surface area contributed by atoms with Crippen LogP contribution in [-0.2, 0) is 6.18 Å². The molecule has 0 unspecified atom stereocenters. The van der Waals surface area contributed by atoms with Gasteiger partial charge in [0.25, 0.3) is 0 Å². The first-order valence-corrected chi connectivity index (χ1v) is 4.69. The Morgan fingerprint density at radius 2 is 1.69 bits per heavy atom. The highest BCUT2D eigenvalue weighted by Crippen LogP contribution is 2.36. The maximum Gasteiger partial charge on any atom is 0.416 e. The van der Waals surface area contributed by atoms with Crippen LogP contribution in [-0.4, -0.2) is 10.7 Å². The molecule has 0 bridgehead atoms. The smallest absolute Gasteiger partial charge is 0.416 e. The number of rotatable bonds is 1. The molecule has 0 aliphatic heterocycles. The molecular formula is C11H13F3O2. The topological polar surface area (TPSA) is 29.5 Å². The zero-order chi connectivity index (χ0) is 12.6. The molecule has 2 nitrogen and oxygen atoms in total. The number of benzene rings is 1. The molecule has 1 aromatic rings. The molecule has 16 heavy (non-hydrogen) atoms. The van der Waals surface area contributed by atoms with Crippen LogP contribution in [0.4, 0.5) is 13.2 Å². The van der Waals surface area contributed by atoms with E-state index in [0.717, 1.165) is 18.2 Å². The molecule has 0 saturated heterocycles. The maximum absolute atomic E-state index is 12.4. The maximum atomic E-state index is 12.4. The van der Waals surface area contributed by atoms with Gasteiger partial charge in [-0.15, -0.1) is 0 Å². The number of phenolic OH excluding ortho intramolecular Hbond substituents is 1. The first-order chi connectivity index (χ1) is 7.09. The molecule has 0 atom stereocenters. The number of ether oxygens (including phenoxy) is 1. The van der Waals surface area contributed by atoms with Crippen LogP contribution in [0.1, 0.15) is 26.3 Å². The van der Waals surface area contributed by atoms with Crippen molar-refractivity contribution in [2.24, 2.45) is 0 Å². The van der Waals surface area contributed by atoms with E-state index in [1.54, 1.807) is 20.8 Å². The lowest BCUT2D eigenvalue weighted by molar-refractivity contribution is -0.137. The molecule has 0 fully saturated rings. The van der Waals surface area contributed by atoms with Crippen LogP contribution in [0.5, 0.6) is 11.5 Å². The van der Waals surface area contributed by atoms with E-state index in [2.05, 4.69) is 0 Å². The Bertz CT molecular complexity index is 378. The summed E-state index contributed by atoms with van der Waals surface area (Å²) < 4.78 is 42.4. The summed E-state index contributed by atoms with van der Waals surface area (Å²) in [4.78, 5) is 0. The average Bonchev–Trinajstić information content (AvgIpc) is 2.04. The summed E-state index contributed by atoms with van der Waals surface area (Å²) in [5, 5.41) is 9.37. The van der Waals surface area contributed by atoms with Crippen LogP contribution in [0, 0.1) is 0 Å². The fourth-order valence-corrected chi connectivity index (χ4v) is 1.10. The lowest BCUT2D eigenvalue weighted by Gasteiger charge is -2.22. The Hall–Kier alpha value is -1.39. The van der Waals surface area contributed by atoms with Crippen LogP contribution >= 0.6 is 0 Å². The third kappa shape index (κ3) is 3.32. The van der Waals surface area contributed by atoms with Crippen LogP contribution in [0.2, 0.25) is 0 Å². The number of alkyl halides is 3.